The van der Waals surface area contributed by atoms with E-state index in [9.17, 15) is 9.59 Å². The van der Waals surface area contributed by atoms with Gasteiger partial charge in [0, 0.05) is 35.1 Å². The number of aryl methyl sites for hydroxylation is 1. The molecule has 0 radical (unpaired) electrons. The van der Waals surface area contributed by atoms with E-state index >= 15 is 0 Å². The predicted molar refractivity (Wildman–Crippen MR) is 127 cm³/mol. The molecule has 0 saturated carbocycles. The lowest BCUT2D eigenvalue weighted by Gasteiger charge is -2.12. The molecule has 6 nitrogen and oxygen atoms in total. The van der Waals surface area contributed by atoms with Gasteiger partial charge in [-0.3, -0.25) is 9.59 Å². The van der Waals surface area contributed by atoms with Gasteiger partial charge < -0.3 is 10.2 Å². The van der Waals surface area contributed by atoms with Crippen molar-refractivity contribution in [2.24, 2.45) is 5.10 Å². The van der Waals surface area contributed by atoms with Crippen LogP contribution >= 0.6 is 11.3 Å². The van der Waals surface area contributed by atoms with Crippen molar-refractivity contribution in [3.05, 3.63) is 93.3 Å². The van der Waals surface area contributed by atoms with Crippen LogP contribution in [-0.2, 0) is 4.79 Å². The van der Waals surface area contributed by atoms with Crippen molar-refractivity contribution in [1.29, 1.82) is 0 Å². The van der Waals surface area contributed by atoms with E-state index in [2.05, 4.69) is 15.8 Å². The lowest BCUT2D eigenvalue weighted by Crippen LogP contribution is -2.32. The second-order valence-electron chi connectivity index (χ2n) is 7.01. The Bertz CT molecular complexity index is 1100. The van der Waals surface area contributed by atoms with Crippen molar-refractivity contribution in [1.82, 2.24) is 10.7 Å². The normalized spacial score (nSPS) is 11.4. The van der Waals surface area contributed by atoms with Crippen molar-refractivity contribution in [2.45, 2.75) is 6.92 Å². The summed E-state index contributed by atoms with van der Waals surface area (Å²) >= 11 is 1.57. The number of amides is 2. The Morgan fingerprint density at radius 2 is 1.68 bits per heavy atom. The van der Waals surface area contributed by atoms with Gasteiger partial charge in [-0.1, -0.05) is 30.3 Å². The number of rotatable bonds is 7. The summed E-state index contributed by atoms with van der Waals surface area (Å²) < 4.78 is 0. The lowest BCUT2D eigenvalue weighted by molar-refractivity contribution is -0.117. The highest BCUT2D eigenvalue weighted by Crippen LogP contribution is 2.15. The maximum atomic E-state index is 12.8. The predicted octanol–water partition coefficient (Wildman–Crippen LogP) is 4.04. The average molecular weight is 433 g/mol. The Balaban J connectivity index is 1.81. The Morgan fingerprint density at radius 3 is 2.29 bits per heavy atom. The smallest absolute Gasteiger partial charge is 0.287 e. The van der Waals surface area contributed by atoms with E-state index in [1.54, 1.807) is 47.9 Å². The summed E-state index contributed by atoms with van der Waals surface area (Å²) in [5.74, 6) is -0.879. The highest BCUT2D eigenvalue weighted by Gasteiger charge is 2.14. The third-order valence-electron chi connectivity index (χ3n) is 4.37. The lowest BCUT2D eigenvalue weighted by atomic mass is 10.1. The quantitative estimate of drug-likeness (QED) is 0.336. The number of nitrogens with zero attached hydrogens (tertiary/aromatic N) is 2. The number of nitrogens with one attached hydrogen (secondary N) is 2. The molecule has 0 aliphatic carbocycles. The van der Waals surface area contributed by atoms with Gasteiger partial charge in [-0.25, -0.2) is 5.43 Å². The van der Waals surface area contributed by atoms with Crippen LogP contribution < -0.4 is 15.6 Å². The van der Waals surface area contributed by atoms with E-state index in [0.717, 1.165) is 21.0 Å². The maximum Gasteiger partial charge on any atom is 0.287 e. The van der Waals surface area contributed by atoms with E-state index in [1.165, 1.54) is 0 Å². The second kappa shape index (κ2) is 10.4. The fourth-order valence-corrected chi connectivity index (χ4v) is 3.46. The molecule has 0 saturated heterocycles. The molecule has 158 valence electrons. The fourth-order valence-electron chi connectivity index (χ4n) is 2.72. The number of hydrazone groups is 1. The van der Waals surface area contributed by atoms with Gasteiger partial charge in [0.1, 0.15) is 5.70 Å². The van der Waals surface area contributed by atoms with Crippen LogP contribution in [0, 0.1) is 6.92 Å². The van der Waals surface area contributed by atoms with Crippen LogP contribution in [0.4, 0.5) is 5.69 Å². The highest BCUT2D eigenvalue weighted by atomic mass is 32.1. The first kappa shape index (κ1) is 22.0. The van der Waals surface area contributed by atoms with Crippen LogP contribution in [0.25, 0.3) is 6.08 Å². The summed E-state index contributed by atoms with van der Waals surface area (Å²) in [7, 11) is 3.91. The van der Waals surface area contributed by atoms with E-state index in [0.29, 0.717) is 5.56 Å². The Labute approximate surface area is 185 Å². The summed E-state index contributed by atoms with van der Waals surface area (Å²) in [6.07, 6.45) is 3.21. The molecule has 0 aliphatic rings. The molecule has 3 aromatic rings. The molecule has 1 aromatic heterocycles. The second-order valence-corrected chi connectivity index (χ2v) is 8.33. The summed E-state index contributed by atoms with van der Waals surface area (Å²) in [4.78, 5) is 29.5. The van der Waals surface area contributed by atoms with Crippen LogP contribution in [0.1, 0.15) is 25.7 Å². The molecule has 2 N–H and O–H groups in total. The van der Waals surface area contributed by atoms with Gasteiger partial charge in [0.15, 0.2) is 0 Å². The van der Waals surface area contributed by atoms with Crippen molar-refractivity contribution in [2.75, 3.05) is 19.0 Å². The Kier molecular flexibility index (Phi) is 7.35. The standard InChI is InChI=1S/C24H24N4O2S/c1-17-9-14-21(31-17)16-25-27-24(30)22(26-23(29)19-7-5-4-6-8-19)15-18-10-12-20(13-11-18)28(2)3/h4-16H,1-3H3,(H,26,29)(H,27,30). The molecule has 0 aliphatic heterocycles. The third kappa shape index (κ3) is 6.38. The summed E-state index contributed by atoms with van der Waals surface area (Å²) in [5.41, 5.74) is 4.87. The first-order valence-corrected chi connectivity index (χ1v) is 10.5. The zero-order valence-electron chi connectivity index (χ0n) is 17.6. The van der Waals surface area contributed by atoms with Crippen molar-refractivity contribution >= 4 is 41.1 Å². The molecule has 1 heterocycles. The van der Waals surface area contributed by atoms with E-state index in [4.69, 9.17) is 0 Å². The fraction of sp³-hybridized carbons (Fsp3) is 0.125. The minimum Gasteiger partial charge on any atom is -0.378 e. The molecule has 0 spiro atoms. The number of thiophene rings is 1. The molecule has 31 heavy (non-hydrogen) atoms. The summed E-state index contributed by atoms with van der Waals surface area (Å²) in [6.45, 7) is 2.00. The summed E-state index contributed by atoms with van der Waals surface area (Å²) in [6, 6.07) is 20.3. The van der Waals surface area contributed by atoms with Crippen molar-refractivity contribution in [3.8, 4) is 0 Å². The number of carbonyl (C=O) groups is 2. The minimum atomic E-state index is -0.509. The van der Waals surface area contributed by atoms with Crippen LogP contribution in [0.15, 0.2) is 77.5 Å². The van der Waals surface area contributed by atoms with Crippen molar-refractivity contribution in [3.63, 3.8) is 0 Å². The zero-order valence-corrected chi connectivity index (χ0v) is 18.4. The van der Waals surface area contributed by atoms with E-state index in [-0.39, 0.29) is 11.6 Å². The number of hydrogen-bond donors (Lipinski definition) is 2. The molecule has 0 bridgehead atoms. The van der Waals surface area contributed by atoms with Gasteiger partial charge in [0.05, 0.1) is 6.21 Å². The largest absolute Gasteiger partial charge is 0.378 e. The number of carbonyl (C=O) groups excluding carboxylic acids is 2. The SMILES string of the molecule is Cc1ccc(C=NNC(=O)C(=Cc2ccc(N(C)C)cc2)NC(=O)c2ccccc2)s1. The zero-order chi connectivity index (χ0) is 22.2. The molecule has 0 fully saturated rings. The Morgan fingerprint density at radius 1 is 0.968 bits per heavy atom. The summed E-state index contributed by atoms with van der Waals surface area (Å²) in [5, 5.41) is 6.72. The number of benzene rings is 2. The highest BCUT2D eigenvalue weighted by molar-refractivity contribution is 7.13. The van der Waals surface area contributed by atoms with Gasteiger partial charge in [0.25, 0.3) is 11.8 Å². The molecule has 3 rings (SSSR count). The van der Waals surface area contributed by atoms with Gasteiger partial charge in [-0.2, -0.15) is 5.10 Å². The molecule has 7 heteroatoms. The third-order valence-corrected chi connectivity index (χ3v) is 5.30. The van der Waals surface area contributed by atoms with Crippen LogP contribution in [-0.4, -0.2) is 32.1 Å². The van der Waals surface area contributed by atoms with Gasteiger partial charge in [-0.15, -0.1) is 11.3 Å². The minimum absolute atomic E-state index is 0.103. The maximum absolute atomic E-state index is 12.8. The molecule has 0 unspecified atom stereocenters. The van der Waals surface area contributed by atoms with Crippen LogP contribution in [0.2, 0.25) is 0 Å². The molecular formula is C24H24N4O2S. The molecular weight excluding hydrogens is 408 g/mol. The number of anilines is 1. The van der Waals surface area contributed by atoms with Crippen molar-refractivity contribution < 1.29 is 9.59 Å². The van der Waals surface area contributed by atoms with Crippen LogP contribution in [0.5, 0.6) is 0 Å². The first-order valence-electron chi connectivity index (χ1n) is 9.68. The van der Waals surface area contributed by atoms with Gasteiger partial charge in [-0.05, 0) is 55.0 Å². The van der Waals surface area contributed by atoms with E-state index < -0.39 is 5.91 Å². The van der Waals surface area contributed by atoms with Crippen LogP contribution in [0.3, 0.4) is 0 Å². The molecule has 0 atom stereocenters. The topological polar surface area (TPSA) is 73.8 Å². The molecule has 2 amide bonds. The molecule has 2 aromatic carbocycles. The monoisotopic (exact) mass is 432 g/mol. The number of hydrogen-bond acceptors (Lipinski definition) is 5. The Hall–Kier alpha value is -3.71. The van der Waals surface area contributed by atoms with E-state index in [1.807, 2.05) is 68.4 Å². The van der Waals surface area contributed by atoms with Gasteiger partial charge in [0.2, 0.25) is 0 Å². The van der Waals surface area contributed by atoms with Gasteiger partial charge >= 0.3 is 0 Å². The first-order chi connectivity index (χ1) is 14.9. The average Bonchev–Trinajstić information content (AvgIpc) is 3.19.